The summed E-state index contributed by atoms with van der Waals surface area (Å²) < 4.78 is 16.1. The van der Waals surface area contributed by atoms with Crippen LogP contribution in [0.5, 0.6) is 11.5 Å². The monoisotopic (exact) mass is 370 g/mol. The number of ether oxygens (including phenoxy) is 3. The standard InChI is InChI=1S/C21H26N2O4/c1-15-12-19(25-2)20(26-3)13-16(15)14-21(24)22-17-6-4-5-7-18(17)23-8-10-27-11-9-23/h4-7,12-13H,8-11,14H2,1-3H3,(H,22,24). The molecule has 2 aromatic rings. The third-order valence-corrected chi connectivity index (χ3v) is 4.72. The SMILES string of the molecule is COc1cc(C)c(CC(=O)Nc2ccccc2N2CCOCC2)cc1OC. The first-order valence-electron chi connectivity index (χ1n) is 9.05. The predicted molar refractivity (Wildman–Crippen MR) is 106 cm³/mol. The lowest BCUT2D eigenvalue weighted by Crippen LogP contribution is -2.36. The van der Waals surface area contributed by atoms with E-state index in [2.05, 4.69) is 10.2 Å². The van der Waals surface area contributed by atoms with Crippen molar-refractivity contribution < 1.29 is 19.0 Å². The largest absolute Gasteiger partial charge is 0.493 e. The topological polar surface area (TPSA) is 60.0 Å². The number of hydrogen-bond acceptors (Lipinski definition) is 5. The van der Waals surface area contributed by atoms with Crippen LogP contribution < -0.4 is 19.7 Å². The molecule has 1 aliphatic rings. The van der Waals surface area contributed by atoms with Crippen LogP contribution in [0.25, 0.3) is 0 Å². The Labute approximate surface area is 160 Å². The molecule has 6 nitrogen and oxygen atoms in total. The fraction of sp³-hybridized carbons (Fsp3) is 0.381. The maximum absolute atomic E-state index is 12.7. The maximum Gasteiger partial charge on any atom is 0.228 e. The second kappa shape index (κ2) is 8.77. The van der Waals surface area contributed by atoms with Crippen molar-refractivity contribution in [1.82, 2.24) is 0 Å². The number of nitrogens with one attached hydrogen (secondary N) is 1. The molecule has 27 heavy (non-hydrogen) atoms. The first-order valence-corrected chi connectivity index (χ1v) is 9.05. The normalized spacial score (nSPS) is 14.0. The van der Waals surface area contributed by atoms with Gasteiger partial charge in [0.2, 0.25) is 5.91 Å². The van der Waals surface area contributed by atoms with Gasteiger partial charge < -0.3 is 24.4 Å². The van der Waals surface area contributed by atoms with Gasteiger partial charge in [-0.15, -0.1) is 0 Å². The van der Waals surface area contributed by atoms with E-state index in [9.17, 15) is 4.79 Å². The molecule has 0 saturated carbocycles. The zero-order chi connectivity index (χ0) is 19.2. The van der Waals surface area contributed by atoms with Gasteiger partial charge in [0, 0.05) is 13.1 Å². The average molecular weight is 370 g/mol. The molecule has 0 atom stereocenters. The van der Waals surface area contributed by atoms with Crippen LogP contribution in [0.15, 0.2) is 36.4 Å². The number of methoxy groups -OCH3 is 2. The van der Waals surface area contributed by atoms with Crippen molar-refractivity contribution in [3.8, 4) is 11.5 Å². The molecule has 0 radical (unpaired) electrons. The molecule has 3 rings (SSSR count). The van der Waals surface area contributed by atoms with E-state index < -0.39 is 0 Å². The number of aryl methyl sites for hydroxylation is 1. The van der Waals surface area contributed by atoms with Gasteiger partial charge in [0.15, 0.2) is 11.5 Å². The first kappa shape index (κ1) is 19.0. The van der Waals surface area contributed by atoms with Crippen molar-refractivity contribution in [2.24, 2.45) is 0 Å². The lowest BCUT2D eigenvalue weighted by Gasteiger charge is -2.30. The summed E-state index contributed by atoms with van der Waals surface area (Å²) in [5.41, 5.74) is 3.75. The van der Waals surface area contributed by atoms with E-state index in [0.717, 1.165) is 35.6 Å². The molecule has 1 aliphatic heterocycles. The number of amides is 1. The smallest absolute Gasteiger partial charge is 0.228 e. The summed E-state index contributed by atoms with van der Waals surface area (Å²) in [5, 5.41) is 3.06. The summed E-state index contributed by atoms with van der Waals surface area (Å²) in [6, 6.07) is 11.6. The average Bonchev–Trinajstić information content (AvgIpc) is 2.70. The molecule has 1 heterocycles. The fourth-order valence-corrected chi connectivity index (χ4v) is 3.24. The molecular weight excluding hydrogens is 344 g/mol. The third kappa shape index (κ3) is 4.52. The van der Waals surface area contributed by atoms with Crippen molar-refractivity contribution >= 4 is 17.3 Å². The second-order valence-corrected chi connectivity index (χ2v) is 6.48. The van der Waals surface area contributed by atoms with Crippen molar-refractivity contribution in [1.29, 1.82) is 0 Å². The van der Waals surface area contributed by atoms with E-state index in [1.54, 1.807) is 14.2 Å². The number of benzene rings is 2. The van der Waals surface area contributed by atoms with Gasteiger partial charge in [-0.05, 0) is 42.3 Å². The zero-order valence-corrected chi connectivity index (χ0v) is 16.1. The highest BCUT2D eigenvalue weighted by molar-refractivity contribution is 5.95. The molecule has 1 N–H and O–H groups in total. The third-order valence-electron chi connectivity index (χ3n) is 4.72. The molecule has 1 fully saturated rings. The Kier molecular flexibility index (Phi) is 6.19. The van der Waals surface area contributed by atoms with E-state index in [1.807, 2.05) is 43.3 Å². The minimum absolute atomic E-state index is 0.0639. The molecule has 0 aromatic heterocycles. The van der Waals surface area contributed by atoms with Crippen molar-refractivity contribution in [2.45, 2.75) is 13.3 Å². The Morgan fingerprint density at radius 1 is 1.11 bits per heavy atom. The Morgan fingerprint density at radius 3 is 2.48 bits per heavy atom. The summed E-state index contributed by atoms with van der Waals surface area (Å²) in [4.78, 5) is 14.9. The van der Waals surface area contributed by atoms with Crippen LogP contribution in [-0.2, 0) is 16.0 Å². The number of rotatable bonds is 6. The van der Waals surface area contributed by atoms with Gasteiger partial charge in [0.1, 0.15) is 0 Å². The molecule has 0 bridgehead atoms. The minimum Gasteiger partial charge on any atom is -0.493 e. The van der Waals surface area contributed by atoms with Crippen LogP contribution in [0.4, 0.5) is 11.4 Å². The molecule has 0 unspecified atom stereocenters. The van der Waals surface area contributed by atoms with Gasteiger partial charge in [-0.3, -0.25) is 4.79 Å². The number of nitrogens with zero attached hydrogens (tertiary/aromatic N) is 1. The molecule has 0 aliphatic carbocycles. The lowest BCUT2D eigenvalue weighted by atomic mass is 10.0. The van der Waals surface area contributed by atoms with Crippen LogP contribution in [0.3, 0.4) is 0 Å². The highest BCUT2D eigenvalue weighted by Gasteiger charge is 2.17. The van der Waals surface area contributed by atoms with Crippen LogP contribution >= 0.6 is 0 Å². The Bertz CT molecular complexity index is 801. The molecular formula is C21H26N2O4. The summed E-state index contributed by atoms with van der Waals surface area (Å²) in [6.45, 7) is 5.01. The highest BCUT2D eigenvalue weighted by Crippen LogP contribution is 2.31. The van der Waals surface area contributed by atoms with Gasteiger partial charge in [0.25, 0.3) is 0 Å². The molecule has 2 aromatic carbocycles. The van der Waals surface area contributed by atoms with E-state index in [-0.39, 0.29) is 12.3 Å². The molecule has 1 amide bonds. The van der Waals surface area contributed by atoms with Crippen LogP contribution in [0.2, 0.25) is 0 Å². The van der Waals surface area contributed by atoms with E-state index in [1.165, 1.54) is 0 Å². The zero-order valence-electron chi connectivity index (χ0n) is 16.1. The van der Waals surface area contributed by atoms with E-state index in [4.69, 9.17) is 14.2 Å². The van der Waals surface area contributed by atoms with Crippen molar-refractivity contribution in [3.05, 3.63) is 47.5 Å². The van der Waals surface area contributed by atoms with Gasteiger partial charge in [0.05, 0.1) is 45.2 Å². The fourth-order valence-electron chi connectivity index (χ4n) is 3.24. The summed E-state index contributed by atoms with van der Waals surface area (Å²) in [6.07, 6.45) is 0.267. The lowest BCUT2D eigenvalue weighted by molar-refractivity contribution is -0.115. The van der Waals surface area contributed by atoms with Gasteiger partial charge in [-0.2, -0.15) is 0 Å². The van der Waals surface area contributed by atoms with Crippen LogP contribution in [0, 0.1) is 6.92 Å². The summed E-state index contributed by atoms with van der Waals surface area (Å²) >= 11 is 0. The van der Waals surface area contributed by atoms with Crippen LogP contribution in [0.1, 0.15) is 11.1 Å². The molecule has 6 heteroatoms. The number of anilines is 2. The van der Waals surface area contributed by atoms with Crippen LogP contribution in [-0.4, -0.2) is 46.4 Å². The van der Waals surface area contributed by atoms with Crippen molar-refractivity contribution in [3.63, 3.8) is 0 Å². The van der Waals surface area contributed by atoms with Crippen molar-refractivity contribution in [2.75, 3.05) is 50.7 Å². The summed E-state index contributed by atoms with van der Waals surface area (Å²) in [7, 11) is 3.20. The number of carbonyl (C=O) groups excluding carboxylic acids is 1. The molecule has 1 saturated heterocycles. The number of para-hydroxylation sites is 2. The Hall–Kier alpha value is -2.73. The molecule has 144 valence electrons. The van der Waals surface area contributed by atoms with Gasteiger partial charge >= 0.3 is 0 Å². The molecule has 0 spiro atoms. The summed E-state index contributed by atoms with van der Waals surface area (Å²) in [5.74, 6) is 1.22. The Morgan fingerprint density at radius 2 is 1.78 bits per heavy atom. The maximum atomic E-state index is 12.7. The predicted octanol–water partition coefficient (Wildman–Crippen LogP) is 3.03. The first-order chi connectivity index (χ1) is 13.1. The second-order valence-electron chi connectivity index (χ2n) is 6.48. The number of morpholine rings is 1. The van der Waals surface area contributed by atoms with Gasteiger partial charge in [-0.1, -0.05) is 12.1 Å². The number of hydrogen-bond donors (Lipinski definition) is 1. The van der Waals surface area contributed by atoms with Gasteiger partial charge in [-0.25, -0.2) is 0 Å². The highest BCUT2D eigenvalue weighted by atomic mass is 16.5. The van der Waals surface area contributed by atoms with E-state index in [0.29, 0.717) is 24.7 Å². The van der Waals surface area contributed by atoms with E-state index >= 15 is 0 Å². The quantitative estimate of drug-likeness (QED) is 0.847. The number of carbonyl (C=O) groups is 1. The minimum atomic E-state index is -0.0639. The Balaban J connectivity index is 1.75.